The lowest BCUT2D eigenvalue weighted by Gasteiger charge is -2.19. The summed E-state index contributed by atoms with van der Waals surface area (Å²) in [5.41, 5.74) is 0. The molecule has 2 rings (SSSR count). The van der Waals surface area contributed by atoms with Crippen LogP contribution in [0.15, 0.2) is 16.3 Å². The third kappa shape index (κ3) is 3.78. The van der Waals surface area contributed by atoms with Gasteiger partial charge in [-0.3, -0.25) is 0 Å². The fourth-order valence-electron chi connectivity index (χ4n) is 1.99. The van der Waals surface area contributed by atoms with Crippen LogP contribution in [0.4, 0.5) is 0 Å². The molecule has 0 amide bonds. The molecule has 1 aliphatic carbocycles. The Bertz CT molecular complexity index is 506. The smallest absolute Gasteiger partial charge is 0.252 e. The Kier molecular flexibility index (Phi) is 5.00. The van der Waals surface area contributed by atoms with E-state index in [9.17, 15) is 8.42 Å². The van der Waals surface area contributed by atoms with E-state index < -0.39 is 10.0 Å². The normalized spacial score (nSPS) is 16.2. The molecule has 1 saturated carbocycles. The summed E-state index contributed by atoms with van der Waals surface area (Å²) in [6, 6.07) is 3.68. The second-order valence-corrected chi connectivity index (χ2v) is 8.31. The van der Waals surface area contributed by atoms with E-state index in [2.05, 4.69) is 5.32 Å². The average Bonchev–Trinajstić information content (AvgIpc) is 3.08. The van der Waals surface area contributed by atoms with Gasteiger partial charge < -0.3 is 5.32 Å². The molecule has 0 aliphatic heterocycles. The highest BCUT2D eigenvalue weighted by Crippen LogP contribution is 2.32. The minimum absolute atomic E-state index is 0.487. The van der Waals surface area contributed by atoms with Crippen LogP contribution in [0.5, 0.6) is 0 Å². The molecule has 4 nitrogen and oxygen atoms in total. The van der Waals surface area contributed by atoms with E-state index in [1.165, 1.54) is 24.2 Å². The zero-order valence-electron chi connectivity index (χ0n) is 11.6. The van der Waals surface area contributed by atoms with Crippen molar-refractivity contribution in [2.75, 3.05) is 26.7 Å². The first-order chi connectivity index (χ1) is 9.07. The van der Waals surface area contributed by atoms with Gasteiger partial charge in [-0.05, 0) is 50.9 Å². The lowest BCUT2D eigenvalue weighted by Crippen LogP contribution is -2.32. The van der Waals surface area contributed by atoms with Gasteiger partial charge in [0.2, 0.25) is 0 Å². The fraction of sp³-hybridized carbons (Fsp3) is 0.692. The summed E-state index contributed by atoms with van der Waals surface area (Å²) in [5.74, 6) is 0.582. The monoisotopic (exact) mass is 302 g/mol. The molecular formula is C13H22N2O2S2. The number of hydrogen-bond acceptors (Lipinski definition) is 4. The summed E-state index contributed by atoms with van der Waals surface area (Å²) >= 11 is 1.40. The molecule has 1 aromatic heterocycles. The van der Waals surface area contributed by atoms with Crippen LogP contribution < -0.4 is 5.32 Å². The van der Waals surface area contributed by atoms with Crippen LogP contribution in [0.2, 0.25) is 0 Å². The van der Waals surface area contributed by atoms with Crippen LogP contribution in [0.25, 0.3) is 0 Å². The molecule has 0 spiro atoms. The zero-order valence-corrected chi connectivity index (χ0v) is 13.2. The summed E-state index contributed by atoms with van der Waals surface area (Å²) < 4.78 is 27.2. The molecule has 108 valence electrons. The second-order valence-electron chi connectivity index (χ2n) is 4.97. The number of nitrogens with one attached hydrogen (secondary N) is 1. The van der Waals surface area contributed by atoms with Crippen molar-refractivity contribution in [2.24, 2.45) is 5.92 Å². The third-order valence-electron chi connectivity index (χ3n) is 3.36. The molecule has 0 atom stereocenters. The van der Waals surface area contributed by atoms with E-state index in [0.717, 1.165) is 17.8 Å². The lowest BCUT2D eigenvalue weighted by molar-refractivity contribution is 0.413. The van der Waals surface area contributed by atoms with Crippen molar-refractivity contribution < 1.29 is 8.42 Å². The van der Waals surface area contributed by atoms with E-state index in [0.29, 0.717) is 23.2 Å². The highest BCUT2D eigenvalue weighted by atomic mass is 32.2. The first-order valence-corrected chi connectivity index (χ1v) is 9.07. The van der Waals surface area contributed by atoms with Gasteiger partial charge in [0.15, 0.2) is 0 Å². The van der Waals surface area contributed by atoms with E-state index in [-0.39, 0.29) is 0 Å². The standard InChI is InChI=1S/C13H22N2O2S2/c1-3-15(10-11-4-5-11)19(16,17)13-7-6-12(18-13)8-9-14-2/h6-7,11,14H,3-5,8-10H2,1-2H3. The summed E-state index contributed by atoms with van der Waals surface area (Å²) in [5, 5.41) is 3.08. The van der Waals surface area contributed by atoms with Crippen molar-refractivity contribution in [3.8, 4) is 0 Å². The predicted octanol–water partition coefficient (Wildman–Crippen LogP) is 1.93. The van der Waals surface area contributed by atoms with Gasteiger partial charge in [-0.25, -0.2) is 8.42 Å². The van der Waals surface area contributed by atoms with Crippen LogP contribution in [-0.2, 0) is 16.4 Å². The quantitative estimate of drug-likeness (QED) is 0.798. The van der Waals surface area contributed by atoms with E-state index in [1.807, 2.05) is 20.0 Å². The highest BCUT2D eigenvalue weighted by molar-refractivity contribution is 7.91. The maximum absolute atomic E-state index is 12.5. The summed E-state index contributed by atoms with van der Waals surface area (Å²) in [7, 11) is -1.38. The maximum Gasteiger partial charge on any atom is 0.252 e. The predicted molar refractivity (Wildman–Crippen MR) is 79.1 cm³/mol. The second kappa shape index (κ2) is 6.35. The zero-order chi connectivity index (χ0) is 13.9. The molecule has 1 heterocycles. The molecule has 1 fully saturated rings. The molecule has 0 radical (unpaired) electrons. The molecule has 0 aromatic carbocycles. The molecule has 0 unspecified atom stereocenters. The SMILES string of the molecule is CCN(CC1CC1)S(=O)(=O)c1ccc(CCNC)s1. The maximum atomic E-state index is 12.5. The Morgan fingerprint density at radius 1 is 1.42 bits per heavy atom. The number of hydrogen-bond donors (Lipinski definition) is 1. The molecule has 0 saturated heterocycles. The number of thiophene rings is 1. The molecular weight excluding hydrogens is 280 g/mol. The third-order valence-corrected chi connectivity index (χ3v) is 6.92. The first-order valence-electron chi connectivity index (χ1n) is 6.81. The van der Waals surface area contributed by atoms with Crippen molar-refractivity contribution in [3.63, 3.8) is 0 Å². The largest absolute Gasteiger partial charge is 0.319 e. The molecule has 1 aromatic rings. The van der Waals surface area contributed by atoms with Crippen molar-refractivity contribution in [3.05, 3.63) is 17.0 Å². The number of likely N-dealkylation sites (N-methyl/N-ethyl adjacent to an activating group) is 1. The van der Waals surface area contributed by atoms with Crippen LogP contribution in [0.3, 0.4) is 0 Å². The molecule has 19 heavy (non-hydrogen) atoms. The summed E-state index contributed by atoms with van der Waals surface area (Å²) in [6.45, 7) is 4.03. The van der Waals surface area contributed by atoms with E-state index >= 15 is 0 Å². The van der Waals surface area contributed by atoms with E-state index in [1.54, 1.807) is 10.4 Å². The van der Waals surface area contributed by atoms with Gasteiger partial charge in [0.05, 0.1) is 0 Å². The van der Waals surface area contributed by atoms with Crippen molar-refractivity contribution >= 4 is 21.4 Å². The van der Waals surface area contributed by atoms with Gasteiger partial charge in [-0.15, -0.1) is 11.3 Å². The molecule has 1 N–H and O–H groups in total. The molecule has 6 heteroatoms. The average molecular weight is 302 g/mol. The van der Waals surface area contributed by atoms with Crippen LogP contribution >= 0.6 is 11.3 Å². The first kappa shape index (κ1) is 15.0. The fourth-order valence-corrected chi connectivity index (χ4v) is 5.03. The van der Waals surface area contributed by atoms with Gasteiger partial charge in [-0.2, -0.15) is 4.31 Å². The topological polar surface area (TPSA) is 49.4 Å². The van der Waals surface area contributed by atoms with Crippen molar-refractivity contribution in [1.82, 2.24) is 9.62 Å². The summed E-state index contributed by atoms with van der Waals surface area (Å²) in [6.07, 6.45) is 3.22. The number of rotatable bonds is 8. The minimum Gasteiger partial charge on any atom is -0.319 e. The van der Waals surface area contributed by atoms with Crippen molar-refractivity contribution in [2.45, 2.75) is 30.4 Å². The van der Waals surface area contributed by atoms with Gasteiger partial charge in [0, 0.05) is 18.0 Å². The van der Waals surface area contributed by atoms with Gasteiger partial charge >= 0.3 is 0 Å². The van der Waals surface area contributed by atoms with Crippen molar-refractivity contribution in [1.29, 1.82) is 0 Å². The lowest BCUT2D eigenvalue weighted by atomic mass is 10.3. The van der Waals surface area contributed by atoms with Gasteiger partial charge in [-0.1, -0.05) is 6.92 Å². The molecule has 0 bridgehead atoms. The number of nitrogens with zero attached hydrogens (tertiary/aromatic N) is 1. The minimum atomic E-state index is -3.28. The number of sulfonamides is 1. The van der Waals surface area contributed by atoms with Gasteiger partial charge in [0.1, 0.15) is 4.21 Å². The Labute approximate surface area is 119 Å². The van der Waals surface area contributed by atoms with Crippen LogP contribution in [0, 0.1) is 5.92 Å². The molecule has 1 aliphatic rings. The Hall–Kier alpha value is -0.430. The summed E-state index contributed by atoms with van der Waals surface area (Å²) in [4.78, 5) is 1.12. The van der Waals surface area contributed by atoms with Gasteiger partial charge in [0.25, 0.3) is 10.0 Å². The Balaban J connectivity index is 2.10. The van der Waals surface area contributed by atoms with E-state index in [4.69, 9.17) is 0 Å². The van der Waals surface area contributed by atoms with Crippen LogP contribution in [0.1, 0.15) is 24.6 Å². The highest BCUT2D eigenvalue weighted by Gasteiger charge is 2.31. The van der Waals surface area contributed by atoms with Crippen LogP contribution in [-0.4, -0.2) is 39.4 Å². The Morgan fingerprint density at radius 3 is 2.74 bits per heavy atom. The Morgan fingerprint density at radius 2 is 2.16 bits per heavy atom.